The van der Waals surface area contributed by atoms with Crippen molar-refractivity contribution in [3.63, 3.8) is 0 Å². The molecular formula is C20H24N2O3. The molecule has 1 aliphatic carbocycles. The SMILES string of the molecule is COc1ccc(CCCNC(=O)NC2c3ccccc3CC2O)cc1. The predicted octanol–water partition coefficient (Wildman–Crippen LogP) is 2.59. The van der Waals surface area contributed by atoms with E-state index >= 15 is 0 Å². The van der Waals surface area contributed by atoms with Gasteiger partial charge in [0.25, 0.3) is 0 Å². The lowest BCUT2D eigenvalue weighted by molar-refractivity contribution is 0.142. The molecular weight excluding hydrogens is 316 g/mol. The van der Waals surface area contributed by atoms with Gasteiger partial charge in [0, 0.05) is 13.0 Å². The number of ether oxygens (including phenoxy) is 1. The molecule has 2 aromatic carbocycles. The van der Waals surface area contributed by atoms with Crippen molar-refractivity contribution in [2.75, 3.05) is 13.7 Å². The minimum absolute atomic E-state index is 0.240. The Kier molecular flexibility index (Phi) is 5.56. The topological polar surface area (TPSA) is 70.6 Å². The zero-order valence-corrected chi connectivity index (χ0v) is 14.4. The standard InChI is InChI=1S/C20H24N2O3/c1-25-16-10-8-14(9-11-16)5-4-12-21-20(24)22-19-17-7-3-2-6-15(17)13-18(19)23/h2-3,6-11,18-19,23H,4-5,12-13H2,1H3,(H2,21,22,24). The largest absolute Gasteiger partial charge is 0.497 e. The van der Waals surface area contributed by atoms with Crippen LogP contribution in [-0.4, -0.2) is 30.9 Å². The molecule has 2 aromatic rings. The van der Waals surface area contributed by atoms with Gasteiger partial charge in [-0.1, -0.05) is 36.4 Å². The number of amides is 2. The van der Waals surface area contributed by atoms with Crippen LogP contribution in [0, 0.1) is 0 Å². The summed E-state index contributed by atoms with van der Waals surface area (Å²) in [5, 5.41) is 15.9. The van der Waals surface area contributed by atoms with Crippen molar-refractivity contribution < 1.29 is 14.6 Å². The van der Waals surface area contributed by atoms with Gasteiger partial charge in [0.05, 0.1) is 19.3 Å². The number of hydrogen-bond acceptors (Lipinski definition) is 3. The van der Waals surface area contributed by atoms with E-state index in [0.29, 0.717) is 13.0 Å². The van der Waals surface area contributed by atoms with Gasteiger partial charge in [0.2, 0.25) is 0 Å². The molecule has 0 fully saturated rings. The molecule has 0 radical (unpaired) electrons. The molecule has 2 amide bonds. The van der Waals surface area contributed by atoms with Crippen molar-refractivity contribution >= 4 is 6.03 Å². The Morgan fingerprint density at radius 1 is 1.20 bits per heavy atom. The van der Waals surface area contributed by atoms with E-state index in [1.165, 1.54) is 5.56 Å². The van der Waals surface area contributed by atoms with Gasteiger partial charge in [0.15, 0.2) is 0 Å². The molecule has 5 heteroatoms. The Hall–Kier alpha value is -2.53. The summed E-state index contributed by atoms with van der Waals surface area (Å²) in [5.41, 5.74) is 3.31. The first-order valence-corrected chi connectivity index (χ1v) is 8.60. The van der Waals surface area contributed by atoms with E-state index in [1.54, 1.807) is 7.11 Å². The van der Waals surface area contributed by atoms with Crippen molar-refractivity contribution in [1.82, 2.24) is 10.6 Å². The fourth-order valence-corrected chi connectivity index (χ4v) is 3.23. The molecule has 0 aliphatic heterocycles. The summed E-state index contributed by atoms with van der Waals surface area (Å²) in [5.74, 6) is 0.844. The number of rotatable bonds is 6. The van der Waals surface area contributed by atoms with Gasteiger partial charge in [-0.05, 0) is 41.7 Å². The van der Waals surface area contributed by atoms with Gasteiger partial charge in [-0.15, -0.1) is 0 Å². The number of fused-ring (bicyclic) bond motifs is 1. The third-order valence-electron chi connectivity index (χ3n) is 4.58. The minimum Gasteiger partial charge on any atom is -0.497 e. The van der Waals surface area contributed by atoms with Crippen LogP contribution in [0.5, 0.6) is 5.75 Å². The maximum Gasteiger partial charge on any atom is 0.315 e. The Morgan fingerprint density at radius 3 is 2.72 bits per heavy atom. The lowest BCUT2D eigenvalue weighted by Crippen LogP contribution is -2.41. The quantitative estimate of drug-likeness (QED) is 0.708. The number of aliphatic hydroxyl groups excluding tert-OH is 1. The van der Waals surface area contributed by atoms with Crippen LogP contribution < -0.4 is 15.4 Å². The molecule has 0 aromatic heterocycles. The Bertz CT molecular complexity index is 715. The molecule has 1 aliphatic rings. The van der Waals surface area contributed by atoms with Crippen LogP contribution in [0.15, 0.2) is 48.5 Å². The first kappa shape index (κ1) is 17.3. The van der Waals surface area contributed by atoms with Gasteiger partial charge < -0.3 is 20.5 Å². The lowest BCUT2D eigenvalue weighted by atomic mass is 10.1. The van der Waals surface area contributed by atoms with Crippen LogP contribution in [0.25, 0.3) is 0 Å². The van der Waals surface area contributed by atoms with Crippen LogP contribution in [0.2, 0.25) is 0 Å². The van der Waals surface area contributed by atoms with E-state index in [4.69, 9.17) is 4.74 Å². The van der Waals surface area contributed by atoms with E-state index in [2.05, 4.69) is 10.6 Å². The number of aryl methyl sites for hydroxylation is 1. The van der Waals surface area contributed by atoms with Crippen LogP contribution in [0.3, 0.4) is 0 Å². The van der Waals surface area contributed by atoms with E-state index in [-0.39, 0.29) is 12.1 Å². The van der Waals surface area contributed by atoms with Crippen molar-refractivity contribution in [2.24, 2.45) is 0 Å². The second kappa shape index (κ2) is 8.03. The summed E-state index contributed by atoms with van der Waals surface area (Å²) in [4.78, 5) is 12.1. The van der Waals surface area contributed by atoms with Crippen LogP contribution in [-0.2, 0) is 12.8 Å². The molecule has 0 spiro atoms. The molecule has 0 saturated carbocycles. The summed E-state index contributed by atoms with van der Waals surface area (Å²) in [6.45, 7) is 0.586. The number of hydrogen-bond donors (Lipinski definition) is 3. The van der Waals surface area contributed by atoms with Gasteiger partial charge in [-0.2, -0.15) is 0 Å². The maximum absolute atomic E-state index is 12.1. The average Bonchev–Trinajstić information content (AvgIpc) is 2.95. The second-order valence-corrected chi connectivity index (χ2v) is 6.30. The molecule has 2 atom stereocenters. The Morgan fingerprint density at radius 2 is 1.96 bits per heavy atom. The summed E-state index contributed by atoms with van der Waals surface area (Å²) in [6.07, 6.45) is 1.75. The van der Waals surface area contributed by atoms with Gasteiger partial charge in [0.1, 0.15) is 5.75 Å². The first-order chi connectivity index (χ1) is 12.2. The molecule has 0 bridgehead atoms. The Balaban J connectivity index is 1.42. The summed E-state index contributed by atoms with van der Waals surface area (Å²) < 4.78 is 5.14. The molecule has 132 valence electrons. The summed E-state index contributed by atoms with van der Waals surface area (Å²) >= 11 is 0. The van der Waals surface area contributed by atoms with Crippen LogP contribution >= 0.6 is 0 Å². The molecule has 3 N–H and O–H groups in total. The molecule has 25 heavy (non-hydrogen) atoms. The highest BCUT2D eigenvalue weighted by Crippen LogP contribution is 2.30. The molecule has 2 unspecified atom stereocenters. The van der Waals surface area contributed by atoms with Crippen molar-refractivity contribution in [3.8, 4) is 5.75 Å². The number of benzene rings is 2. The van der Waals surface area contributed by atoms with Gasteiger partial charge >= 0.3 is 6.03 Å². The minimum atomic E-state index is -0.567. The fourth-order valence-electron chi connectivity index (χ4n) is 3.23. The third kappa shape index (κ3) is 4.31. The van der Waals surface area contributed by atoms with E-state index < -0.39 is 6.10 Å². The smallest absolute Gasteiger partial charge is 0.315 e. The zero-order valence-electron chi connectivity index (χ0n) is 14.4. The number of methoxy groups -OCH3 is 1. The van der Waals surface area contributed by atoms with Gasteiger partial charge in [-0.3, -0.25) is 0 Å². The summed E-state index contributed by atoms with van der Waals surface area (Å²) in [6, 6.07) is 15.2. The van der Waals surface area contributed by atoms with Crippen LogP contribution in [0.1, 0.15) is 29.2 Å². The molecule has 3 rings (SSSR count). The zero-order chi connectivity index (χ0) is 17.6. The highest BCUT2D eigenvalue weighted by atomic mass is 16.5. The number of carbonyl (C=O) groups excluding carboxylic acids is 1. The number of carbonyl (C=O) groups is 1. The normalized spacial score (nSPS) is 18.5. The monoisotopic (exact) mass is 340 g/mol. The third-order valence-corrected chi connectivity index (χ3v) is 4.58. The second-order valence-electron chi connectivity index (χ2n) is 6.30. The first-order valence-electron chi connectivity index (χ1n) is 8.60. The number of urea groups is 1. The van der Waals surface area contributed by atoms with Crippen molar-refractivity contribution in [1.29, 1.82) is 0 Å². The molecule has 5 nitrogen and oxygen atoms in total. The number of aliphatic hydroxyl groups is 1. The Labute approximate surface area is 148 Å². The highest BCUT2D eigenvalue weighted by molar-refractivity contribution is 5.74. The predicted molar refractivity (Wildman–Crippen MR) is 96.7 cm³/mol. The summed E-state index contributed by atoms with van der Waals surface area (Å²) in [7, 11) is 1.65. The number of nitrogens with one attached hydrogen (secondary N) is 2. The molecule has 0 saturated heterocycles. The maximum atomic E-state index is 12.1. The average molecular weight is 340 g/mol. The highest BCUT2D eigenvalue weighted by Gasteiger charge is 2.31. The molecule has 0 heterocycles. The van der Waals surface area contributed by atoms with E-state index in [1.807, 2.05) is 48.5 Å². The van der Waals surface area contributed by atoms with E-state index in [9.17, 15) is 9.90 Å². The van der Waals surface area contributed by atoms with Crippen LogP contribution in [0.4, 0.5) is 4.79 Å². The van der Waals surface area contributed by atoms with Gasteiger partial charge in [-0.25, -0.2) is 4.79 Å². The van der Waals surface area contributed by atoms with E-state index in [0.717, 1.165) is 29.7 Å². The van der Waals surface area contributed by atoms with Crippen molar-refractivity contribution in [2.45, 2.75) is 31.4 Å². The fraction of sp³-hybridized carbons (Fsp3) is 0.350. The van der Waals surface area contributed by atoms with Crippen molar-refractivity contribution in [3.05, 3.63) is 65.2 Å². The lowest BCUT2D eigenvalue weighted by Gasteiger charge is -2.18.